The van der Waals surface area contributed by atoms with E-state index in [1.807, 2.05) is 0 Å². The monoisotopic (exact) mass is 746 g/mol. The molecule has 8 N–H and O–H groups in total. The SMILES string of the molecule is NCCN1CCCCC1.NCCN1CCCCC1.O.O.O=C([O-])c1ccc(-c2ccc(C(=O)[O-])cc2)cc1.[Ag+].[Ag+]. The van der Waals surface area contributed by atoms with Gasteiger partial charge in [-0.3, -0.25) is 0 Å². The average molecular weight is 748 g/mol. The second-order valence-corrected chi connectivity index (χ2v) is 9.11. The van der Waals surface area contributed by atoms with E-state index >= 15 is 0 Å². The van der Waals surface area contributed by atoms with Gasteiger partial charge in [-0.25, -0.2) is 0 Å². The molecule has 0 aromatic heterocycles. The van der Waals surface area contributed by atoms with Crippen LogP contribution >= 0.6 is 0 Å². The summed E-state index contributed by atoms with van der Waals surface area (Å²) in [6.07, 6.45) is 8.34. The molecule has 2 saturated heterocycles. The second kappa shape index (κ2) is 25.3. The van der Waals surface area contributed by atoms with Crippen LogP contribution in [0.3, 0.4) is 0 Å². The summed E-state index contributed by atoms with van der Waals surface area (Å²) < 4.78 is 0. The Kier molecular flexibility index (Phi) is 27.3. The van der Waals surface area contributed by atoms with E-state index in [2.05, 4.69) is 9.80 Å². The van der Waals surface area contributed by atoms with Crippen molar-refractivity contribution in [3.63, 3.8) is 0 Å². The van der Waals surface area contributed by atoms with Gasteiger partial charge in [-0.2, -0.15) is 0 Å². The van der Waals surface area contributed by atoms with Crippen molar-refractivity contribution in [1.29, 1.82) is 0 Å². The molecule has 0 unspecified atom stereocenters. The Morgan fingerprint density at radius 1 is 0.575 bits per heavy atom. The molecule has 2 aromatic rings. The van der Waals surface area contributed by atoms with E-state index in [0.29, 0.717) is 0 Å². The Bertz CT molecular complexity index is 827. The maximum Gasteiger partial charge on any atom is 1.00 e. The van der Waals surface area contributed by atoms with E-state index in [-0.39, 0.29) is 66.8 Å². The van der Waals surface area contributed by atoms with Crippen molar-refractivity contribution in [2.75, 3.05) is 52.4 Å². The van der Waals surface area contributed by atoms with E-state index in [0.717, 1.165) is 37.3 Å². The molecular formula is C28H44Ag2N4O6. The number of piperidine rings is 2. The number of carbonyl (C=O) groups excluding carboxylic acids is 2. The number of carbonyl (C=O) groups is 2. The molecule has 2 aliphatic heterocycles. The van der Waals surface area contributed by atoms with Crippen LogP contribution in [0.15, 0.2) is 48.5 Å². The van der Waals surface area contributed by atoms with Crippen LogP contribution in [0, 0.1) is 0 Å². The minimum absolute atomic E-state index is 0. The van der Waals surface area contributed by atoms with Crippen LogP contribution in [0.25, 0.3) is 11.1 Å². The number of hydrogen-bond donors (Lipinski definition) is 2. The van der Waals surface area contributed by atoms with Crippen molar-refractivity contribution in [2.45, 2.75) is 38.5 Å². The Labute approximate surface area is 269 Å². The normalized spacial score (nSPS) is 14.6. The summed E-state index contributed by atoms with van der Waals surface area (Å²) in [6, 6.07) is 12.3. The van der Waals surface area contributed by atoms with Crippen molar-refractivity contribution in [3.05, 3.63) is 59.7 Å². The molecule has 2 aliphatic rings. The molecule has 2 fully saturated rings. The van der Waals surface area contributed by atoms with Gasteiger partial charge in [-0.15, -0.1) is 0 Å². The third-order valence-electron chi connectivity index (χ3n) is 6.36. The third-order valence-corrected chi connectivity index (χ3v) is 6.36. The minimum atomic E-state index is -1.23. The summed E-state index contributed by atoms with van der Waals surface area (Å²) in [7, 11) is 0. The number of benzene rings is 2. The molecule has 0 spiro atoms. The van der Waals surface area contributed by atoms with Gasteiger partial charge in [-0.1, -0.05) is 61.4 Å². The third kappa shape index (κ3) is 16.8. The summed E-state index contributed by atoms with van der Waals surface area (Å²) in [4.78, 5) is 26.1. The first-order chi connectivity index (χ1) is 17.4. The molecule has 10 nitrogen and oxygen atoms in total. The topological polar surface area (TPSA) is 202 Å². The van der Waals surface area contributed by atoms with E-state index in [4.69, 9.17) is 11.5 Å². The van der Waals surface area contributed by atoms with E-state index < -0.39 is 11.9 Å². The fraction of sp³-hybridized carbons (Fsp3) is 0.500. The zero-order chi connectivity index (χ0) is 26.2. The van der Waals surface area contributed by atoms with Crippen LogP contribution in [-0.2, 0) is 44.8 Å². The van der Waals surface area contributed by atoms with Crippen LogP contribution in [0.4, 0.5) is 0 Å². The van der Waals surface area contributed by atoms with E-state index in [9.17, 15) is 19.8 Å². The van der Waals surface area contributed by atoms with Crippen molar-refractivity contribution < 1.29 is 75.5 Å². The number of nitrogens with two attached hydrogens (primary N) is 2. The van der Waals surface area contributed by atoms with Crippen LogP contribution in [0.2, 0.25) is 0 Å². The molecule has 0 radical (unpaired) electrons. The molecule has 12 heteroatoms. The fourth-order valence-corrected chi connectivity index (χ4v) is 4.33. The zero-order valence-electron chi connectivity index (χ0n) is 22.8. The quantitative estimate of drug-likeness (QED) is 0.346. The smallest absolute Gasteiger partial charge is 0.545 e. The van der Waals surface area contributed by atoms with Crippen LogP contribution in [0.5, 0.6) is 0 Å². The van der Waals surface area contributed by atoms with Crippen molar-refractivity contribution in [1.82, 2.24) is 9.80 Å². The molecule has 2 aromatic carbocycles. The van der Waals surface area contributed by atoms with Gasteiger partial charge in [0.05, 0.1) is 11.9 Å². The maximum absolute atomic E-state index is 10.6. The number of likely N-dealkylation sites (tertiary alicyclic amines) is 2. The van der Waals surface area contributed by atoms with Gasteiger partial charge in [0.2, 0.25) is 0 Å². The standard InChI is InChI=1S/C14H10O4.2C7H16N2.2Ag.2H2O/c15-13(16)11-5-1-9(2-6-11)10-3-7-12(8-4-10)14(17)18;2*8-4-7-9-5-2-1-3-6-9;;;;/h1-8H,(H,15,16)(H,17,18);2*1-8H2;;;2*1H2/q;;;2*+1;;/p-2. The number of aromatic carboxylic acids is 2. The summed E-state index contributed by atoms with van der Waals surface area (Å²) >= 11 is 0. The van der Waals surface area contributed by atoms with Gasteiger partial charge in [-0.05, 0) is 74.1 Å². The van der Waals surface area contributed by atoms with Crippen molar-refractivity contribution in [2.24, 2.45) is 11.5 Å². The van der Waals surface area contributed by atoms with Gasteiger partial charge in [0.15, 0.2) is 0 Å². The number of nitrogens with zero attached hydrogens (tertiary/aromatic N) is 2. The first kappa shape index (κ1) is 43.1. The Balaban J connectivity index is -0.000000534. The second-order valence-electron chi connectivity index (χ2n) is 9.11. The fourth-order valence-electron chi connectivity index (χ4n) is 4.33. The van der Waals surface area contributed by atoms with Gasteiger partial charge in [0, 0.05) is 26.2 Å². The predicted octanol–water partition coefficient (Wildman–Crippen LogP) is -0.712. The van der Waals surface area contributed by atoms with E-state index in [1.165, 1.54) is 89.0 Å². The van der Waals surface area contributed by atoms with Crippen LogP contribution < -0.4 is 21.7 Å². The minimum Gasteiger partial charge on any atom is -0.545 e. The Morgan fingerprint density at radius 3 is 1.07 bits per heavy atom. The summed E-state index contributed by atoms with van der Waals surface area (Å²) in [6.45, 7) is 8.93. The largest absolute Gasteiger partial charge is 1.00 e. The number of rotatable bonds is 7. The zero-order valence-corrected chi connectivity index (χ0v) is 25.8. The van der Waals surface area contributed by atoms with Gasteiger partial charge >= 0.3 is 44.8 Å². The number of carboxylic acid groups (broad SMARTS) is 2. The molecule has 0 saturated carbocycles. The van der Waals surface area contributed by atoms with Crippen molar-refractivity contribution in [3.8, 4) is 11.1 Å². The molecule has 0 aliphatic carbocycles. The summed E-state index contributed by atoms with van der Waals surface area (Å²) in [5.74, 6) is -2.46. The van der Waals surface area contributed by atoms with Gasteiger partial charge in [0.25, 0.3) is 0 Å². The predicted molar refractivity (Wildman–Crippen MR) is 146 cm³/mol. The number of hydrogen-bond acceptors (Lipinski definition) is 8. The van der Waals surface area contributed by atoms with Crippen LogP contribution in [-0.4, -0.2) is 85.0 Å². The molecule has 0 amide bonds. The average Bonchev–Trinajstić information content (AvgIpc) is 2.91. The van der Waals surface area contributed by atoms with Crippen molar-refractivity contribution >= 4 is 11.9 Å². The maximum atomic E-state index is 10.6. The molecule has 4 rings (SSSR count). The van der Waals surface area contributed by atoms with E-state index in [1.54, 1.807) is 24.3 Å². The van der Waals surface area contributed by atoms with Gasteiger partial charge in [0.1, 0.15) is 0 Å². The first-order valence-corrected chi connectivity index (χ1v) is 12.9. The number of carboxylic acids is 2. The molecule has 234 valence electrons. The molecule has 40 heavy (non-hydrogen) atoms. The molecule has 0 atom stereocenters. The Morgan fingerprint density at radius 2 is 0.850 bits per heavy atom. The summed E-state index contributed by atoms with van der Waals surface area (Å²) in [5.41, 5.74) is 12.6. The van der Waals surface area contributed by atoms with Gasteiger partial charge < -0.3 is 52.0 Å². The molecule has 0 bridgehead atoms. The summed E-state index contributed by atoms with van der Waals surface area (Å²) in [5, 5.41) is 21.2. The molecular weight excluding hydrogens is 704 g/mol. The van der Waals surface area contributed by atoms with Crippen LogP contribution in [0.1, 0.15) is 59.2 Å². The molecule has 2 heterocycles. The Hall–Kier alpha value is -1.38. The first-order valence-electron chi connectivity index (χ1n) is 12.9.